The summed E-state index contributed by atoms with van der Waals surface area (Å²) in [5.74, 6) is -1.11. The number of rotatable bonds is 6. The van der Waals surface area contributed by atoms with Gasteiger partial charge in [-0.3, -0.25) is 9.59 Å². The van der Waals surface area contributed by atoms with Crippen molar-refractivity contribution in [1.82, 2.24) is 5.01 Å². The number of likely N-dealkylation sites (N-methyl/N-ethyl adjacent to an activating group) is 1. The molecule has 0 radical (unpaired) electrons. The van der Waals surface area contributed by atoms with Gasteiger partial charge in [0, 0.05) is 12.6 Å². The van der Waals surface area contributed by atoms with Gasteiger partial charge < -0.3 is 0 Å². The molecule has 4 nitrogen and oxygen atoms in total. The smallest absolute Gasteiger partial charge is 0.283 e. The molecule has 0 aliphatic carbocycles. The normalized spacial score (nSPS) is 11.3. The fraction of sp³-hybridized carbons (Fsp3) is 0.318. The summed E-state index contributed by atoms with van der Waals surface area (Å²) >= 11 is 0. The van der Waals surface area contributed by atoms with Crippen molar-refractivity contribution in [2.24, 2.45) is 5.10 Å². The van der Waals surface area contributed by atoms with Gasteiger partial charge in [0.2, 0.25) is 0 Å². The minimum Gasteiger partial charge on any atom is -0.283 e. The van der Waals surface area contributed by atoms with Crippen LogP contribution in [0.4, 0.5) is 0 Å². The number of hydrogen-bond donors (Lipinski definition) is 0. The number of hydrazone groups is 1. The highest BCUT2D eigenvalue weighted by atomic mass is 16.2. The SMILES string of the molecule is CCc1cc(C)cc(CC)c1C(=O)C(=O)N(C)/N=C(\C)c1ccccc1. The molecule has 0 atom stereocenters. The molecule has 0 saturated carbocycles. The van der Waals surface area contributed by atoms with E-state index in [1.54, 1.807) is 0 Å². The lowest BCUT2D eigenvalue weighted by Crippen LogP contribution is -2.31. The van der Waals surface area contributed by atoms with Crippen LogP contribution in [0.5, 0.6) is 0 Å². The molecular formula is C22H26N2O2. The van der Waals surface area contributed by atoms with Gasteiger partial charge in [-0.2, -0.15) is 5.10 Å². The quantitative estimate of drug-likeness (QED) is 0.339. The van der Waals surface area contributed by atoms with Gasteiger partial charge in [-0.25, -0.2) is 5.01 Å². The van der Waals surface area contributed by atoms with Crippen LogP contribution in [0.2, 0.25) is 0 Å². The van der Waals surface area contributed by atoms with Crippen LogP contribution in [0.15, 0.2) is 47.6 Å². The second-order valence-electron chi connectivity index (χ2n) is 6.37. The van der Waals surface area contributed by atoms with Crippen LogP contribution in [0.1, 0.15) is 53.4 Å². The maximum absolute atomic E-state index is 12.9. The van der Waals surface area contributed by atoms with Crippen molar-refractivity contribution in [2.45, 2.75) is 40.5 Å². The first-order chi connectivity index (χ1) is 12.4. The van der Waals surface area contributed by atoms with E-state index >= 15 is 0 Å². The van der Waals surface area contributed by atoms with Crippen LogP contribution in [-0.2, 0) is 17.6 Å². The molecule has 26 heavy (non-hydrogen) atoms. The zero-order valence-corrected chi connectivity index (χ0v) is 16.2. The Bertz CT molecular complexity index is 813. The van der Waals surface area contributed by atoms with Crippen LogP contribution >= 0.6 is 0 Å². The summed E-state index contributed by atoms with van der Waals surface area (Å²) in [5, 5.41) is 5.44. The van der Waals surface area contributed by atoms with Gasteiger partial charge in [-0.15, -0.1) is 0 Å². The third-order valence-corrected chi connectivity index (χ3v) is 4.41. The number of benzene rings is 2. The van der Waals surface area contributed by atoms with E-state index in [0.29, 0.717) is 24.1 Å². The van der Waals surface area contributed by atoms with Crippen molar-refractivity contribution in [3.63, 3.8) is 0 Å². The van der Waals surface area contributed by atoms with E-state index in [1.807, 2.05) is 70.2 Å². The lowest BCUT2D eigenvalue weighted by molar-refractivity contribution is -0.125. The van der Waals surface area contributed by atoms with Gasteiger partial charge in [0.1, 0.15) is 0 Å². The van der Waals surface area contributed by atoms with E-state index in [-0.39, 0.29) is 0 Å². The summed E-state index contributed by atoms with van der Waals surface area (Å²) in [5.41, 5.74) is 5.07. The number of ketones is 1. The number of hydrogen-bond acceptors (Lipinski definition) is 3. The molecule has 2 aromatic carbocycles. The maximum Gasteiger partial charge on any atom is 0.314 e. The number of carbonyl (C=O) groups is 2. The maximum atomic E-state index is 12.9. The molecule has 2 aromatic rings. The number of Topliss-reactive ketones (excluding diaryl/α,β-unsaturated/α-hetero) is 1. The minimum atomic E-state index is -0.617. The predicted octanol–water partition coefficient (Wildman–Crippen LogP) is 4.19. The Morgan fingerprint density at radius 2 is 1.54 bits per heavy atom. The number of nitrogens with zero attached hydrogens (tertiary/aromatic N) is 2. The molecule has 0 aliphatic heterocycles. The molecule has 0 aromatic heterocycles. The zero-order chi connectivity index (χ0) is 19.3. The molecule has 2 rings (SSSR count). The number of carbonyl (C=O) groups excluding carboxylic acids is 2. The first kappa shape index (κ1) is 19.6. The van der Waals surface area contributed by atoms with Crippen LogP contribution < -0.4 is 0 Å². The molecule has 0 saturated heterocycles. The zero-order valence-electron chi connectivity index (χ0n) is 16.2. The van der Waals surface area contributed by atoms with Gasteiger partial charge in [-0.1, -0.05) is 61.9 Å². The Morgan fingerprint density at radius 1 is 1.00 bits per heavy atom. The molecule has 0 spiro atoms. The summed E-state index contributed by atoms with van der Waals surface area (Å²) in [4.78, 5) is 25.6. The lowest BCUT2D eigenvalue weighted by atomic mass is 9.92. The average Bonchev–Trinajstić information content (AvgIpc) is 2.66. The van der Waals surface area contributed by atoms with E-state index in [9.17, 15) is 9.59 Å². The third kappa shape index (κ3) is 4.26. The average molecular weight is 350 g/mol. The monoisotopic (exact) mass is 350 g/mol. The van der Waals surface area contributed by atoms with E-state index in [2.05, 4.69) is 5.10 Å². The summed E-state index contributed by atoms with van der Waals surface area (Å²) in [6, 6.07) is 13.6. The Kier molecular flexibility index (Phi) is 6.45. The molecule has 0 N–H and O–H groups in total. The summed E-state index contributed by atoms with van der Waals surface area (Å²) < 4.78 is 0. The fourth-order valence-electron chi connectivity index (χ4n) is 3.05. The van der Waals surface area contributed by atoms with Crippen LogP contribution in [0.25, 0.3) is 0 Å². The molecule has 1 amide bonds. The standard InChI is InChI=1S/C22H26N2O2/c1-6-17-13-15(3)14-18(7-2)20(17)21(25)22(26)24(5)23-16(4)19-11-9-8-10-12-19/h8-14H,6-7H2,1-5H3/b23-16+. The van der Waals surface area contributed by atoms with Crippen LogP contribution in [0, 0.1) is 6.92 Å². The largest absolute Gasteiger partial charge is 0.314 e. The first-order valence-corrected chi connectivity index (χ1v) is 8.94. The topological polar surface area (TPSA) is 49.7 Å². The molecule has 0 aliphatic rings. The first-order valence-electron chi connectivity index (χ1n) is 8.94. The van der Waals surface area contributed by atoms with E-state index in [1.165, 1.54) is 7.05 Å². The highest BCUT2D eigenvalue weighted by Crippen LogP contribution is 2.21. The second kappa shape index (κ2) is 8.56. The molecule has 4 heteroatoms. The van der Waals surface area contributed by atoms with Crippen LogP contribution in [0.3, 0.4) is 0 Å². The Labute approximate surface area is 155 Å². The number of amides is 1. The molecule has 0 fully saturated rings. The highest BCUT2D eigenvalue weighted by molar-refractivity contribution is 6.43. The summed E-state index contributed by atoms with van der Waals surface area (Å²) in [6.07, 6.45) is 1.41. The van der Waals surface area contributed by atoms with Crippen molar-refractivity contribution < 1.29 is 9.59 Å². The Morgan fingerprint density at radius 3 is 2.04 bits per heavy atom. The molecule has 0 bridgehead atoms. The predicted molar refractivity (Wildman–Crippen MR) is 106 cm³/mol. The van der Waals surface area contributed by atoms with Gasteiger partial charge in [-0.05, 0) is 43.4 Å². The molecule has 0 unspecified atom stereocenters. The van der Waals surface area contributed by atoms with E-state index in [0.717, 1.165) is 27.3 Å². The summed E-state index contributed by atoms with van der Waals surface area (Å²) in [6.45, 7) is 7.83. The number of aryl methyl sites for hydroxylation is 3. The molecule has 136 valence electrons. The third-order valence-electron chi connectivity index (χ3n) is 4.41. The van der Waals surface area contributed by atoms with Crippen molar-refractivity contribution in [2.75, 3.05) is 7.05 Å². The Hall–Kier alpha value is -2.75. The Balaban J connectivity index is 2.34. The molecular weight excluding hydrogens is 324 g/mol. The minimum absolute atomic E-state index is 0.495. The van der Waals surface area contributed by atoms with Crippen molar-refractivity contribution in [1.29, 1.82) is 0 Å². The highest BCUT2D eigenvalue weighted by Gasteiger charge is 2.25. The second-order valence-corrected chi connectivity index (χ2v) is 6.37. The molecule has 0 heterocycles. The van der Waals surface area contributed by atoms with Crippen molar-refractivity contribution >= 4 is 17.4 Å². The lowest BCUT2D eigenvalue weighted by Gasteiger charge is -2.16. The fourth-order valence-corrected chi connectivity index (χ4v) is 3.05. The van der Waals surface area contributed by atoms with E-state index in [4.69, 9.17) is 0 Å². The summed E-state index contributed by atoms with van der Waals surface area (Å²) in [7, 11) is 1.53. The van der Waals surface area contributed by atoms with Gasteiger partial charge in [0.05, 0.1) is 5.71 Å². The van der Waals surface area contributed by atoms with Crippen molar-refractivity contribution in [3.8, 4) is 0 Å². The van der Waals surface area contributed by atoms with E-state index < -0.39 is 11.7 Å². The van der Waals surface area contributed by atoms with Gasteiger partial charge in [0.15, 0.2) is 0 Å². The van der Waals surface area contributed by atoms with Crippen LogP contribution in [-0.4, -0.2) is 29.5 Å². The van der Waals surface area contributed by atoms with Gasteiger partial charge >= 0.3 is 5.91 Å². The van der Waals surface area contributed by atoms with Gasteiger partial charge in [0.25, 0.3) is 5.78 Å². The van der Waals surface area contributed by atoms with Crippen molar-refractivity contribution in [3.05, 3.63) is 70.3 Å².